The fourth-order valence-electron chi connectivity index (χ4n) is 2.88. The number of amides is 2. The first-order valence-corrected chi connectivity index (χ1v) is 11.1. The molecule has 2 aromatic carbocycles. The molecule has 0 aliphatic carbocycles. The molecular formula is C22H20BrClFN5O4. The number of nitrogens with zero attached hydrogens (tertiary/aromatic N) is 2. The number of aliphatic hydroxyl groups is 1. The fraction of sp³-hybridized carbons (Fsp3) is 0.182. The Morgan fingerprint density at radius 3 is 2.79 bits per heavy atom. The van der Waals surface area contributed by atoms with Crippen molar-refractivity contribution in [3.8, 4) is 5.75 Å². The Labute approximate surface area is 207 Å². The topological polar surface area (TPSA) is 125 Å². The number of ether oxygens (including phenoxy) is 1. The zero-order valence-electron chi connectivity index (χ0n) is 17.7. The van der Waals surface area contributed by atoms with E-state index in [1.54, 1.807) is 18.2 Å². The molecule has 3 aromatic rings. The van der Waals surface area contributed by atoms with Gasteiger partial charge in [0.15, 0.2) is 5.82 Å². The van der Waals surface area contributed by atoms with Crippen LogP contribution in [0.15, 0.2) is 47.7 Å². The summed E-state index contributed by atoms with van der Waals surface area (Å²) in [6.45, 7) is 3.48. The van der Waals surface area contributed by atoms with Gasteiger partial charge in [-0.3, -0.25) is 9.59 Å². The van der Waals surface area contributed by atoms with E-state index in [1.807, 2.05) is 0 Å². The van der Waals surface area contributed by atoms with E-state index in [-0.39, 0.29) is 48.6 Å². The van der Waals surface area contributed by atoms with Crippen molar-refractivity contribution >= 4 is 67.4 Å². The number of carbonyl (C=O) groups is 2. The molecule has 1 aromatic heterocycles. The van der Waals surface area contributed by atoms with E-state index in [0.29, 0.717) is 26.8 Å². The molecule has 0 atom stereocenters. The Morgan fingerprint density at radius 1 is 1.26 bits per heavy atom. The van der Waals surface area contributed by atoms with Crippen LogP contribution in [0, 0.1) is 5.82 Å². The number of benzene rings is 2. The first-order chi connectivity index (χ1) is 16.3. The minimum Gasteiger partial charge on any atom is -0.489 e. The van der Waals surface area contributed by atoms with E-state index in [1.165, 1.54) is 12.4 Å². The maximum absolute atomic E-state index is 14.6. The summed E-state index contributed by atoms with van der Waals surface area (Å²) in [5.74, 6) is -0.877. The number of nitrogens with one attached hydrogen (secondary N) is 3. The molecule has 0 saturated heterocycles. The number of carbonyl (C=O) groups excluding carboxylic acids is 2. The number of halogens is 3. The van der Waals surface area contributed by atoms with Crippen LogP contribution in [-0.4, -0.2) is 46.6 Å². The maximum atomic E-state index is 14.6. The molecular weight excluding hydrogens is 533 g/mol. The van der Waals surface area contributed by atoms with Gasteiger partial charge in [0, 0.05) is 22.3 Å². The average molecular weight is 553 g/mol. The lowest BCUT2D eigenvalue weighted by atomic mass is 10.1. The van der Waals surface area contributed by atoms with Crippen LogP contribution in [0.2, 0.25) is 5.02 Å². The minimum absolute atomic E-state index is 0.00646. The van der Waals surface area contributed by atoms with Crippen molar-refractivity contribution in [1.29, 1.82) is 0 Å². The number of aliphatic hydroxyl groups excluding tert-OH is 1. The van der Waals surface area contributed by atoms with Crippen molar-refractivity contribution in [2.75, 3.05) is 30.4 Å². The largest absolute Gasteiger partial charge is 0.489 e. The van der Waals surface area contributed by atoms with E-state index in [4.69, 9.17) is 21.4 Å². The van der Waals surface area contributed by atoms with Crippen LogP contribution >= 0.6 is 27.5 Å². The minimum atomic E-state index is -0.661. The van der Waals surface area contributed by atoms with Crippen LogP contribution in [0.4, 0.5) is 21.6 Å². The van der Waals surface area contributed by atoms with Gasteiger partial charge in [-0.15, -0.1) is 0 Å². The summed E-state index contributed by atoms with van der Waals surface area (Å²) < 4.78 is 20.7. The summed E-state index contributed by atoms with van der Waals surface area (Å²) in [6.07, 6.45) is 2.39. The fourth-order valence-corrected chi connectivity index (χ4v) is 3.35. The summed E-state index contributed by atoms with van der Waals surface area (Å²) in [4.78, 5) is 31.9. The van der Waals surface area contributed by atoms with Gasteiger partial charge < -0.3 is 25.8 Å². The van der Waals surface area contributed by atoms with Gasteiger partial charge in [0.2, 0.25) is 11.8 Å². The number of rotatable bonds is 10. The number of aromatic nitrogens is 2. The maximum Gasteiger partial charge on any atom is 0.247 e. The Balaban J connectivity index is 1.92. The van der Waals surface area contributed by atoms with E-state index in [2.05, 4.69) is 48.4 Å². The normalized spacial score (nSPS) is 10.6. The van der Waals surface area contributed by atoms with Crippen molar-refractivity contribution in [1.82, 2.24) is 15.3 Å². The molecule has 3 rings (SSSR count). The number of fused-ring (bicyclic) bond motifs is 1. The quantitative estimate of drug-likeness (QED) is 0.171. The highest BCUT2D eigenvalue weighted by atomic mass is 79.9. The molecule has 34 heavy (non-hydrogen) atoms. The molecule has 0 fully saturated rings. The van der Waals surface area contributed by atoms with Gasteiger partial charge >= 0.3 is 0 Å². The van der Waals surface area contributed by atoms with Crippen LogP contribution < -0.4 is 20.7 Å². The molecule has 4 N–H and O–H groups in total. The van der Waals surface area contributed by atoms with Gasteiger partial charge in [-0.05, 0) is 40.2 Å². The van der Waals surface area contributed by atoms with Crippen molar-refractivity contribution < 1.29 is 23.8 Å². The van der Waals surface area contributed by atoms with E-state index < -0.39 is 11.7 Å². The highest BCUT2D eigenvalue weighted by Gasteiger charge is 2.16. The third-order valence-corrected chi connectivity index (χ3v) is 5.75. The zero-order chi connectivity index (χ0) is 24.7. The molecule has 0 spiro atoms. The lowest BCUT2D eigenvalue weighted by molar-refractivity contribution is -0.121. The van der Waals surface area contributed by atoms with Gasteiger partial charge in [-0.1, -0.05) is 18.2 Å². The van der Waals surface area contributed by atoms with Gasteiger partial charge in [-0.2, -0.15) is 0 Å². The highest BCUT2D eigenvalue weighted by molar-refractivity contribution is 9.10. The van der Waals surface area contributed by atoms with E-state index >= 15 is 0 Å². The van der Waals surface area contributed by atoms with Crippen molar-refractivity contribution in [2.45, 2.75) is 6.42 Å². The molecule has 0 aliphatic rings. The molecule has 12 heteroatoms. The van der Waals surface area contributed by atoms with Gasteiger partial charge in [0.1, 0.15) is 24.5 Å². The van der Waals surface area contributed by atoms with Gasteiger partial charge in [0.05, 0.1) is 35.1 Å². The third-order valence-electron chi connectivity index (χ3n) is 4.49. The monoisotopic (exact) mass is 551 g/mol. The van der Waals surface area contributed by atoms with Crippen LogP contribution in [0.25, 0.3) is 10.9 Å². The van der Waals surface area contributed by atoms with Gasteiger partial charge in [-0.25, -0.2) is 14.4 Å². The first-order valence-electron chi connectivity index (χ1n) is 9.97. The lowest BCUT2D eigenvalue weighted by Gasteiger charge is -2.15. The summed E-state index contributed by atoms with van der Waals surface area (Å²) >= 11 is 9.15. The second-order valence-corrected chi connectivity index (χ2v) is 8.03. The smallest absolute Gasteiger partial charge is 0.247 e. The molecule has 0 bridgehead atoms. The molecule has 9 nitrogen and oxygen atoms in total. The van der Waals surface area contributed by atoms with Crippen LogP contribution in [0.5, 0.6) is 5.75 Å². The molecule has 0 aliphatic heterocycles. The summed E-state index contributed by atoms with van der Waals surface area (Å²) in [5, 5.41) is 17.3. The lowest BCUT2D eigenvalue weighted by Crippen LogP contribution is -2.28. The first kappa shape index (κ1) is 25.3. The zero-order valence-corrected chi connectivity index (χ0v) is 20.0. The summed E-state index contributed by atoms with van der Waals surface area (Å²) in [6, 6.07) is 6.26. The molecule has 2 amide bonds. The van der Waals surface area contributed by atoms with Gasteiger partial charge in [0.25, 0.3) is 0 Å². The van der Waals surface area contributed by atoms with Crippen LogP contribution in [-0.2, 0) is 9.59 Å². The Hall–Kier alpha value is -3.28. The highest BCUT2D eigenvalue weighted by Crippen LogP contribution is 2.35. The predicted octanol–water partition coefficient (Wildman–Crippen LogP) is 3.93. The Morgan fingerprint density at radius 2 is 2.06 bits per heavy atom. The predicted molar refractivity (Wildman–Crippen MR) is 131 cm³/mol. The standard InChI is InChI=1S/C22H20BrClFN5O4/c1-2-18(32)29-16-9-12-15(10-17(16)34-8-6-26-19(33)5-7-31)27-11-28-22(12)30-14-4-3-13(23)20(24)21(14)25/h2-4,9-11,31H,1,5-8H2,(H,26,33)(H,29,32)(H,27,28,30). The Bertz CT molecular complexity index is 1240. The third kappa shape index (κ3) is 6.19. The van der Waals surface area contributed by atoms with E-state index in [0.717, 1.165) is 6.08 Å². The molecule has 0 radical (unpaired) electrons. The van der Waals surface area contributed by atoms with Crippen LogP contribution in [0.1, 0.15) is 6.42 Å². The summed E-state index contributed by atoms with van der Waals surface area (Å²) in [5.41, 5.74) is 0.854. The number of hydrogen-bond acceptors (Lipinski definition) is 7. The molecule has 0 saturated carbocycles. The second kappa shape index (κ2) is 11.7. The van der Waals surface area contributed by atoms with Crippen LogP contribution in [0.3, 0.4) is 0 Å². The summed E-state index contributed by atoms with van der Waals surface area (Å²) in [7, 11) is 0. The molecule has 178 valence electrons. The average Bonchev–Trinajstić information content (AvgIpc) is 2.82. The number of anilines is 3. The molecule has 1 heterocycles. The molecule has 0 unspecified atom stereocenters. The van der Waals surface area contributed by atoms with Crippen molar-refractivity contribution in [3.05, 3.63) is 58.6 Å². The van der Waals surface area contributed by atoms with Crippen molar-refractivity contribution in [3.63, 3.8) is 0 Å². The number of hydrogen-bond donors (Lipinski definition) is 4. The second-order valence-electron chi connectivity index (χ2n) is 6.80. The SMILES string of the molecule is C=CC(=O)Nc1cc2c(Nc3ccc(Br)c(Cl)c3F)ncnc2cc1OCCNC(=O)CCO. The van der Waals surface area contributed by atoms with E-state index in [9.17, 15) is 14.0 Å². The van der Waals surface area contributed by atoms with Crippen molar-refractivity contribution in [2.24, 2.45) is 0 Å². The Kier molecular flexibility index (Phi) is 8.74.